The largest absolute Gasteiger partial charge is 0.349 e. The number of nitrogens with zero attached hydrogens (tertiary/aromatic N) is 2. The number of halogens is 3. The van der Waals surface area contributed by atoms with Gasteiger partial charge in [0, 0.05) is 18.8 Å². The summed E-state index contributed by atoms with van der Waals surface area (Å²) in [6.45, 7) is 0.608. The van der Waals surface area contributed by atoms with Gasteiger partial charge in [0.2, 0.25) is 0 Å². The molecule has 0 spiro atoms. The Labute approximate surface area is 176 Å². The van der Waals surface area contributed by atoms with Crippen molar-refractivity contribution in [3.8, 4) is 0 Å². The Bertz CT molecular complexity index is 1120. The fraction of sp³-hybridized carbons (Fsp3) is 0.381. The zero-order valence-electron chi connectivity index (χ0n) is 16.1. The van der Waals surface area contributed by atoms with Crippen LogP contribution in [0.3, 0.4) is 0 Å². The molecule has 4 rings (SSSR count). The van der Waals surface area contributed by atoms with Gasteiger partial charge < -0.3 is 10.3 Å². The monoisotopic (exact) mass is 434 g/mol. The summed E-state index contributed by atoms with van der Waals surface area (Å²) in [7, 11) is 0. The molecule has 0 radical (unpaired) electrons. The molecule has 1 saturated carbocycles. The maximum atomic E-state index is 13.2. The molecule has 0 bridgehead atoms. The van der Waals surface area contributed by atoms with Crippen molar-refractivity contribution in [2.24, 2.45) is 5.92 Å². The minimum Gasteiger partial charge on any atom is -0.349 e. The van der Waals surface area contributed by atoms with Crippen LogP contribution in [0.25, 0.3) is 11.0 Å². The highest BCUT2D eigenvalue weighted by Gasteiger charge is 2.26. The molecule has 1 aliphatic rings. The summed E-state index contributed by atoms with van der Waals surface area (Å²) in [5.74, 6) is -0.281. The average molecular weight is 435 g/mol. The van der Waals surface area contributed by atoms with Gasteiger partial charge in [0.1, 0.15) is 5.69 Å². The van der Waals surface area contributed by atoms with E-state index in [0.717, 1.165) is 30.1 Å². The van der Waals surface area contributed by atoms with Crippen LogP contribution >= 0.6 is 11.6 Å². The van der Waals surface area contributed by atoms with Crippen LogP contribution in [0, 0.1) is 5.92 Å². The molecule has 9 heteroatoms. The van der Waals surface area contributed by atoms with Gasteiger partial charge in [-0.2, -0.15) is 0 Å². The molecular weight excluding hydrogens is 414 g/mol. The number of H-pyrrole nitrogens is 1. The normalized spacial score (nSPS) is 19.3. The lowest BCUT2D eigenvalue weighted by atomic mass is 9.85. The number of amides is 1. The molecule has 0 atom stereocenters. The molecule has 30 heavy (non-hydrogen) atoms. The van der Waals surface area contributed by atoms with Gasteiger partial charge in [-0.25, -0.2) is 13.6 Å². The number of aromatic nitrogens is 3. The van der Waals surface area contributed by atoms with Crippen molar-refractivity contribution in [2.45, 2.75) is 44.7 Å². The third kappa shape index (κ3) is 4.23. The number of hydrogen-bond donors (Lipinski definition) is 2. The van der Waals surface area contributed by atoms with E-state index in [4.69, 9.17) is 11.6 Å². The summed E-state index contributed by atoms with van der Waals surface area (Å²) in [4.78, 5) is 31.3. The highest BCUT2D eigenvalue weighted by molar-refractivity contribution is 6.30. The van der Waals surface area contributed by atoms with Gasteiger partial charge in [-0.3, -0.25) is 14.3 Å². The van der Waals surface area contributed by atoms with Gasteiger partial charge in [0.25, 0.3) is 12.3 Å². The van der Waals surface area contributed by atoms with Crippen LogP contribution in [0.2, 0.25) is 5.02 Å². The predicted molar refractivity (Wildman–Crippen MR) is 110 cm³/mol. The molecule has 6 nitrogen and oxygen atoms in total. The lowest BCUT2D eigenvalue weighted by Crippen LogP contribution is -2.39. The Kier molecular flexibility index (Phi) is 5.85. The Morgan fingerprint density at radius 3 is 2.73 bits per heavy atom. The number of fused-ring (bicyclic) bond motifs is 1. The van der Waals surface area contributed by atoms with Crippen LogP contribution in [0.4, 0.5) is 8.78 Å². The van der Waals surface area contributed by atoms with Crippen molar-refractivity contribution in [2.75, 3.05) is 0 Å². The first-order valence-electron chi connectivity index (χ1n) is 9.84. The summed E-state index contributed by atoms with van der Waals surface area (Å²) in [6.07, 6.45) is 1.33. The molecular formula is C21H21ClF2N4O2. The first-order chi connectivity index (χ1) is 14.4. The molecule has 158 valence electrons. The second-order valence-corrected chi connectivity index (χ2v) is 8.07. The fourth-order valence-electron chi connectivity index (χ4n) is 4.10. The highest BCUT2D eigenvalue weighted by Crippen LogP contribution is 2.28. The first-order valence-corrected chi connectivity index (χ1v) is 10.2. The van der Waals surface area contributed by atoms with Crippen molar-refractivity contribution in [1.82, 2.24) is 19.9 Å². The van der Waals surface area contributed by atoms with Crippen molar-refractivity contribution < 1.29 is 13.6 Å². The van der Waals surface area contributed by atoms with Crippen molar-refractivity contribution in [3.63, 3.8) is 0 Å². The van der Waals surface area contributed by atoms with Crippen LogP contribution in [0.1, 0.15) is 48.2 Å². The number of carbonyl (C=O) groups is 1. The Hall–Kier alpha value is -2.74. The van der Waals surface area contributed by atoms with E-state index < -0.39 is 18.0 Å². The average Bonchev–Trinajstić information content (AvgIpc) is 3.04. The number of pyridine rings is 1. The van der Waals surface area contributed by atoms with E-state index >= 15 is 0 Å². The summed E-state index contributed by atoms with van der Waals surface area (Å²) in [6, 6.07) is 8.68. The highest BCUT2D eigenvalue weighted by atomic mass is 35.5. The van der Waals surface area contributed by atoms with E-state index in [1.807, 2.05) is 24.3 Å². The quantitative estimate of drug-likeness (QED) is 0.628. The molecule has 2 heterocycles. The van der Waals surface area contributed by atoms with E-state index in [2.05, 4.69) is 15.3 Å². The topological polar surface area (TPSA) is 79.8 Å². The summed E-state index contributed by atoms with van der Waals surface area (Å²) < 4.78 is 28.1. The van der Waals surface area contributed by atoms with Gasteiger partial charge in [-0.05, 0) is 49.8 Å². The predicted octanol–water partition coefficient (Wildman–Crippen LogP) is 4.30. The number of para-hydroxylation sites is 2. The molecule has 2 aromatic heterocycles. The second-order valence-electron chi connectivity index (χ2n) is 7.64. The minimum atomic E-state index is -2.85. The number of rotatable bonds is 5. The molecule has 1 aromatic carbocycles. The van der Waals surface area contributed by atoms with Gasteiger partial charge in [-0.1, -0.05) is 23.7 Å². The van der Waals surface area contributed by atoms with E-state index in [1.165, 1.54) is 6.07 Å². The molecule has 0 unspecified atom stereocenters. The van der Waals surface area contributed by atoms with Gasteiger partial charge in [0.05, 0.1) is 21.6 Å². The fourth-order valence-corrected chi connectivity index (χ4v) is 4.26. The number of imidazole rings is 1. The molecule has 3 aromatic rings. The van der Waals surface area contributed by atoms with Crippen LogP contribution < -0.4 is 11.0 Å². The summed E-state index contributed by atoms with van der Waals surface area (Å²) in [5.41, 5.74) is 0.813. The third-order valence-electron chi connectivity index (χ3n) is 5.64. The van der Waals surface area contributed by atoms with E-state index in [-0.39, 0.29) is 22.3 Å². The van der Waals surface area contributed by atoms with Gasteiger partial charge >= 0.3 is 5.69 Å². The smallest absolute Gasteiger partial charge is 0.326 e. The van der Waals surface area contributed by atoms with Crippen LogP contribution in [0.5, 0.6) is 0 Å². The molecule has 1 amide bonds. The summed E-state index contributed by atoms with van der Waals surface area (Å²) >= 11 is 5.83. The molecule has 1 fully saturated rings. The SMILES string of the molecule is O=C(N[C@H]1CC[C@H](Cn2c(=O)[nH]c3ccccc32)CC1)c1cc(Cl)cnc1C(F)F. The van der Waals surface area contributed by atoms with Crippen molar-refractivity contribution >= 4 is 28.5 Å². The van der Waals surface area contributed by atoms with Crippen molar-refractivity contribution in [3.05, 3.63) is 63.3 Å². The van der Waals surface area contributed by atoms with Crippen molar-refractivity contribution in [1.29, 1.82) is 0 Å². The number of carbonyl (C=O) groups excluding carboxylic acids is 1. The van der Waals surface area contributed by atoms with E-state index in [9.17, 15) is 18.4 Å². The number of alkyl halides is 2. The zero-order valence-corrected chi connectivity index (χ0v) is 16.8. The van der Waals surface area contributed by atoms with Gasteiger partial charge in [0.15, 0.2) is 0 Å². The maximum absolute atomic E-state index is 13.2. The minimum absolute atomic E-state index is 0.113. The second kappa shape index (κ2) is 8.55. The Morgan fingerprint density at radius 1 is 1.27 bits per heavy atom. The molecule has 2 N–H and O–H groups in total. The Balaban J connectivity index is 1.38. The lowest BCUT2D eigenvalue weighted by Gasteiger charge is -2.29. The molecule has 1 aliphatic carbocycles. The Morgan fingerprint density at radius 2 is 2.00 bits per heavy atom. The van der Waals surface area contributed by atoms with Crippen LogP contribution in [0.15, 0.2) is 41.3 Å². The van der Waals surface area contributed by atoms with Gasteiger partial charge in [-0.15, -0.1) is 0 Å². The first kappa shape index (κ1) is 20.5. The van der Waals surface area contributed by atoms with Crippen LogP contribution in [-0.4, -0.2) is 26.5 Å². The lowest BCUT2D eigenvalue weighted by molar-refractivity contribution is 0.0904. The third-order valence-corrected chi connectivity index (χ3v) is 5.85. The van der Waals surface area contributed by atoms with Crippen LogP contribution in [-0.2, 0) is 6.54 Å². The summed E-state index contributed by atoms with van der Waals surface area (Å²) in [5, 5.41) is 2.97. The van der Waals surface area contributed by atoms with E-state index in [1.54, 1.807) is 4.57 Å². The zero-order chi connectivity index (χ0) is 21.3. The number of nitrogens with one attached hydrogen (secondary N) is 2. The number of hydrogen-bond acceptors (Lipinski definition) is 3. The number of aromatic amines is 1. The maximum Gasteiger partial charge on any atom is 0.326 e. The van der Waals surface area contributed by atoms with E-state index in [0.29, 0.717) is 25.3 Å². The molecule has 0 aliphatic heterocycles. The number of benzene rings is 1. The standard InChI is InChI=1S/C21H21ClF2N4O2/c22-13-9-15(18(19(23)24)25-10-13)20(29)26-14-7-5-12(6-8-14)11-28-17-4-2-1-3-16(17)27-21(28)30/h1-4,9-10,12,14,19H,5-8,11H2,(H,26,29)(H,27,30)/t12-,14-. The molecule has 0 saturated heterocycles.